The monoisotopic (exact) mass is 507 g/mol. The maximum atomic E-state index is 12.7. The number of ether oxygens (including phenoxy) is 1. The number of H-pyrrole nitrogens is 1. The number of likely N-dealkylation sites (tertiary alicyclic amines) is 1. The first-order chi connectivity index (χ1) is 18.3. The van der Waals surface area contributed by atoms with Gasteiger partial charge in [0, 0.05) is 34.8 Å². The van der Waals surface area contributed by atoms with Crippen molar-refractivity contribution in [2.24, 2.45) is 0 Å². The average molecular weight is 508 g/mol. The number of nitrogens with one attached hydrogen (secondary N) is 2. The van der Waals surface area contributed by atoms with E-state index in [-0.39, 0.29) is 5.91 Å². The van der Waals surface area contributed by atoms with Gasteiger partial charge in [0.05, 0.1) is 11.1 Å². The molecule has 0 saturated carbocycles. The molecule has 1 fully saturated rings. The quantitative estimate of drug-likeness (QED) is 0.401. The van der Waals surface area contributed by atoms with Gasteiger partial charge in [-0.05, 0) is 87.9 Å². The number of amides is 1. The van der Waals surface area contributed by atoms with Crippen LogP contribution in [0.2, 0.25) is 0 Å². The minimum atomic E-state index is -0.434. The van der Waals surface area contributed by atoms with Gasteiger partial charge in [0.1, 0.15) is 18.1 Å². The Morgan fingerprint density at radius 1 is 1.03 bits per heavy atom. The first-order valence-electron chi connectivity index (χ1n) is 13.7. The number of pyridine rings is 1. The van der Waals surface area contributed by atoms with Gasteiger partial charge in [-0.2, -0.15) is 5.10 Å². The molecule has 0 radical (unpaired) electrons. The van der Waals surface area contributed by atoms with Crippen molar-refractivity contribution in [3.05, 3.63) is 65.4 Å². The van der Waals surface area contributed by atoms with Crippen molar-refractivity contribution in [1.82, 2.24) is 25.4 Å². The normalized spacial score (nSPS) is 22.6. The van der Waals surface area contributed by atoms with Crippen LogP contribution in [0.3, 0.4) is 0 Å². The van der Waals surface area contributed by atoms with E-state index in [1.54, 1.807) is 0 Å². The molecule has 7 nitrogen and oxygen atoms in total. The molecule has 7 heteroatoms. The molecule has 1 unspecified atom stereocenters. The van der Waals surface area contributed by atoms with Crippen molar-refractivity contribution >= 4 is 16.9 Å². The van der Waals surface area contributed by atoms with E-state index in [2.05, 4.69) is 51.6 Å². The van der Waals surface area contributed by atoms with Gasteiger partial charge in [0.2, 0.25) is 0 Å². The van der Waals surface area contributed by atoms with Gasteiger partial charge in [0.25, 0.3) is 5.91 Å². The lowest BCUT2D eigenvalue weighted by molar-refractivity contribution is 0.0909. The maximum absolute atomic E-state index is 12.7. The van der Waals surface area contributed by atoms with Crippen LogP contribution in [0.1, 0.15) is 55.1 Å². The highest BCUT2D eigenvalue weighted by Gasteiger charge is 2.32. The van der Waals surface area contributed by atoms with E-state index in [9.17, 15) is 4.79 Å². The lowest BCUT2D eigenvalue weighted by atomic mass is 10.00. The van der Waals surface area contributed by atoms with E-state index in [4.69, 9.17) is 9.72 Å². The number of fused-ring (bicyclic) bond motifs is 3. The summed E-state index contributed by atoms with van der Waals surface area (Å²) in [5, 5.41) is 11.6. The van der Waals surface area contributed by atoms with Gasteiger partial charge in [-0.25, -0.2) is 4.98 Å². The molecular weight excluding hydrogens is 474 g/mol. The zero-order valence-corrected chi connectivity index (χ0v) is 22.2. The SMILES string of the molecule is C[C@H]1CCCN1C1Cc2ccc(-c3cnc4[nH]nc(-c5ccc6c(c5)OCC(C)(C)NC6=O)c4c3)cc2C1. The molecule has 4 aromatic rings. The fraction of sp³-hybridized carbons (Fsp3) is 0.387. The summed E-state index contributed by atoms with van der Waals surface area (Å²) in [6.07, 6.45) is 6.84. The zero-order valence-electron chi connectivity index (χ0n) is 22.2. The second kappa shape index (κ2) is 8.67. The Hall–Kier alpha value is -3.71. The minimum absolute atomic E-state index is 0.122. The minimum Gasteiger partial charge on any atom is -0.490 e. The van der Waals surface area contributed by atoms with Crippen LogP contribution in [0.5, 0.6) is 5.75 Å². The average Bonchev–Trinajstić information content (AvgIpc) is 3.62. The van der Waals surface area contributed by atoms with Crippen LogP contribution in [0.25, 0.3) is 33.4 Å². The molecular formula is C31H33N5O2. The number of benzene rings is 2. The Labute approximate surface area is 222 Å². The molecule has 0 bridgehead atoms. The summed E-state index contributed by atoms with van der Waals surface area (Å²) in [5.41, 5.74) is 7.73. The standard InChI is InChI=1S/C31H33N5O2/c1-18-5-4-10-36(18)24-12-20-7-6-19(11-22(20)13-24)23-14-26-28(34-35-29(26)32-16-23)21-8-9-25-27(15-21)38-17-31(2,3)33-30(25)37/h6-9,11,14-16,18,24H,4-5,10,12-13,17H2,1-3H3,(H,33,37)(H,32,34,35)/t18-,24?/m0/s1. The fourth-order valence-electron chi connectivity index (χ4n) is 6.43. The van der Waals surface area contributed by atoms with Gasteiger partial charge in [-0.1, -0.05) is 24.3 Å². The topological polar surface area (TPSA) is 83.1 Å². The molecule has 0 spiro atoms. The van der Waals surface area contributed by atoms with E-state index >= 15 is 0 Å². The first-order valence-corrected chi connectivity index (χ1v) is 13.7. The van der Waals surface area contributed by atoms with Crippen LogP contribution in [-0.4, -0.2) is 56.8 Å². The Kier molecular flexibility index (Phi) is 5.34. The third-order valence-electron chi connectivity index (χ3n) is 8.48. The highest BCUT2D eigenvalue weighted by molar-refractivity contribution is 5.99. The van der Waals surface area contributed by atoms with Crippen LogP contribution in [0.4, 0.5) is 0 Å². The summed E-state index contributed by atoms with van der Waals surface area (Å²) in [6, 6.07) is 16.0. The molecule has 2 aromatic heterocycles. The molecule has 1 amide bonds. The predicted molar refractivity (Wildman–Crippen MR) is 148 cm³/mol. The number of nitrogens with zero attached hydrogens (tertiary/aromatic N) is 3. The Balaban J connectivity index is 1.21. The molecule has 38 heavy (non-hydrogen) atoms. The number of carbonyl (C=O) groups is 1. The molecule has 3 aliphatic rings. The van der Waals surface area contributed by atoms with Crippen molar-refractivity contribution in [2.75, 3.05) is 13.2 Å². The molecule has 2 aliphatic heterocycles. The number of carbonyl (C=O) groups excluding carboxylic acids is 1. The molecule has 1 saturated heterocycles. The number of hydrogen-bond acceptors (Lipinski definition) is 5. The van der Waals surface area contributed by atoms with E-state index < -0.39 is 5.54 Å². The Bertz CT molecular complexity index is 1570. The molecule has 4 heterocycles. The molecule has 2 atom stereocenters. The summed E-state index contributed by atoms with van der Waals surface area (Å²) in [7, 11) is 0. The summed E-state index contributed by atoms with van der Waals surface area (Å²) in [5.74, 6) is 0.453. The van der Waals surface area contributed by atoms with Gasteiger partial charge in [-0.15, -0.1) is 0 Å². The third-order valence-corrected chi connectivity index (χ3v) is 8.48. The number of hydrogen-bond donors (Lipinski definition) is 2. The van der Waals surface area contributed by atoms with Crippen molar-refractivity contribution in [3.8, 4) is 28.1 Å². The van der Waals surface area contributed by atoms with Gasteiger partial charge in [0.15, 0.2) is 5.65 Å². The highest BCUT2D eigenvalue weighted by atomic mass is 16.5. The molecule has 7 rings (SSSR count). The summed E-state index contributed by atoms with van der Waals surface area (Å²) in [4.78, 5) is 20.1. The largest absolute Gasteiger partial charge is 0.490 e. The second-order valence-electron chi connectivity index (χ2n) is 11.8. The van der Waals surface area contributed by atoms with Crippen molar-refractivity contribution < 1.29 is 9.53 Å². The molecule has 2 N–H and O–H groups in total. The maximum Gasteiger partial charge on any atom is 0.255 e. The van der Waals surface area contributed by atoms with Crippen molar-refractivity contribution in [3.63, 3.8) is 0 Å². The van der Waals surface area contributed by atoms with E-state index in [1.165, 1.54) is 36.1 Å². The lowest BCUT2D eigenvalue weighted by Gasteiger charge is -2.27. The predicted octanol–water partition coefficient (Wildman–Crippen LogP) is 5.14. The number of rotatable bonds is 3. The van der Waals surface area contributed by atoms with Crippen molar-refractivity contribution in [2.45, 2.75) is 64.1 Å². The zero-order chi connectivity index (χ0) is 26.0. The summed E-state index contributed by atoms with van der Waals surface area (Å²) >= 11 is 0. The van der Waals surface area contributed by atoms with E-state index in [0.29, 0.717) is 30.0 Å². The van der Waals surface area contributed by atoms with Gasteiger partial charge >= 0.3 is 0 Å². The van der Waals surface area contributed by atoms with E-state index in [0.717, 1.165) is 40.7 Å². The smallest absolute Gasteiger partial charge is 0.255 e. The van der Waals surface area contributed by atoms with Crippen LogP contribution in [0, 0.1) is 0 Å². The van der Waals surface area contributed by atoms with Crippen molar-refractivity contribution in [1.29, 1.82) is 0 Å². The second-order valence-corrected chi connectivity index (χ2v) is 11.8. The van der Waals surface area contributed by atoms with Crippen LogP contribution >= 0.6 is 0 Å². The fourth-order valence-corrected chi connectivity index (χ4v) is 6.43. The summed E-state index contributed by atoms with van der Waals surface area (Å²) in [6.45, 7) is 7.91. The summed E-state index contributed by atoms with van der Waals surface area (Å²) < 4.78 is 6.03. The van der Waals surface area contributed by atoms with E-state index in [1.807, 2.05) is 38.2 Å². The first kappa shape index (κ1) is 23.4. The van der Waals surface area contributed by atoms with Gasteiger partial charge in [-0.3, -0.25) is 14.8 Å². The molecule has 2 aromatic carbocycles. The van der Waals surface area contributed by atoms with Crippen LogP contribution in [0.15, 0.2) is 48.7 Å². The number of aromatic nitrogens is 3. The molecule has 194 valence electrons. The van der Waals surface area contributed by atoms with Crippen LogP contribution in [-0.2, 0) is 12.8 Å². The third kappa shape index (κ3) is 3.97. The van der Waals surface area contributed by atoms with Gasteiger partial charge < -0.3 is 10.1 Å². The molecule has 1 aliphatic carbocycles. The Morgan fingerprint density at radius 2 is 1.87 bits per heavy atom. The highest BCUT2D eigenvalue weighted by Crippen LogP contribution is 2.36. The number of aromatic amines is 1. The lowest BCUT2D eigenvalue weighted by Crippen LogP contribution is -2.45. The Morgan fingerprint density at radius 3 is 2.71 bits per heavy atom. The van der Waals surface area contributed by atoms with Crippen LogP contribution < -0.4 is 10.1 Å².